The fraction of sp³-hybridized carbons (Fsp3) is 0.120. The Bertz CT molecular complexity index is 1770. The molecule has 0 saturated heterocycles. The van der Waals surface area contributed by atoms with Crippen molar-refractivity contribution >= 4 is 17.6 Å². The Balaban J connectivity index is 1.82. The molecule has 13 nitrogen and oxygen atoms in total. The molecule has 0 spiro atoms. The molecule has 3 heterocycles. The molecule has 0 fully saturated rings. The van der Waals surface area contributed by atoms with Crippen molar-refractivity contribution in [2.45, 2.75) is 18.4 Å². The zero-order valence-electron chi connectivity index (χ0n) is 19.3. The van der Waals surface area contributed by atoms with Gasteiger partial charge in [0.15, 0.2) is 0 Å². The number of hydrogen-bond donors (Lipinski definition) is 6. The summed E-state index contributed by atoms with van der Waals surface area (Å²) in [6.07, 6.45) is -0.195. The van der Waals surface area contributed by atoms with E-state index in [1.807, 2.05) is 6.07 Å². The van der Waals surface area contributed by atoms with E-state index in [-0.39, 0.29) is 34.9 Å². The van der Waals surface area contributed by atoms with Gasteiger partial charge in [0.25, 0.3) is 11.1 Å². The first-order valence-electron chi connectivity index (χ1n) is 11.2. The van der Waals surface area contributed by atoms with Gasteiger partial charge >= 0.3 is 17.3 Å². The van der Waals surface area contributed by atoms with E-state index < -0.39 is 40.4 Å². The van der Waals surface area contributed by atoms with Crippen LogP contribution in [0, 0.1) is 11.3 Å². The van der Waals surface area contributed by atoms with Gasteiger partial charge in [0.05, 0.1) is 28.7 Å². The van der Waals surface area contributed by atoms with Gasteiger partial charge in [-0.1, -0.05) is 24.3 Å². The Labute approximate surface area is 211 Å². The summed E-state index contributed by atoms with van der Waals surface area (Å²) in [7, 11) is 0. The highest BCUT2D eigenvalue weighted by Crippen LogP contribution is 2.44. The van der Waals surface area contributed by atoms with Crippen LogP contribution in [0.4, 0.5) is 11.6 Å². The number of nitriles is 1. The normalized spacial score (nSPS) is 13.3. The molecule has 1 aliphatic rings. The van der Waals surface area contributed by atoms with Gasteiger partial charge < -0.3 is 10.2 Å². The van der Waals surface area contributed by atoms with Crippen LogP contribution in [-0.2, 0) is 11.2 Å². The van der Waals surface area contributed by atoms with Crippen molar-refractivity contribution < 1.29 is 15.0 Å². The highest BCUT2D eigenvalue weighted by molar-refractivity contribution is 5.85. The number of nitrogens with zero attached hydrogens (tertiary/aromatic N) is 2. The topological polar surface area (TPSA) is 216 Å². The predicted molar refractivity (Wildman–Crippen MR) is 133 cm³/mol. The van der Waals surface area contributed by atoms with Crippen molar-refractivity contribution in [3.05, 3.63) is 118 Å². The van der Waals surface area contributed by atoms with Crippen molar-refractivity contribution in [3.8, 4) is 11.8 Å². The molecule has 5 rings (SSSR count). The number of nitrogens with one attached hydrogen (secondary N) is 4. The smallest absolute Gasteiger partial charge is 0.327 e. The number of aromatic hydroxyl groups is 1. The molecule has 190 valence electrons. The van der Waals surface area contributed by atoms with Gasteiger partial charge in [0.1, 0.15) is 23.4 Å². The maximum atomic E-state index is 13.2. The fourth-order valence-corrected chi connectivity index (χ4v) is 4.68. The summed E-state index contributed by atoms with van der Waals surface area (Å²) in [6, 6.07) is 12.2. The second-order valence-corrected chi connectivity index (χ2v) is 8.60. The molecule has 2 aromatic heterocycles. The third-order valence-electron chi connectivity index (χ3n) is 6.31. The maximum absolute atomic E-state index is 13.2. The van der Waals surface area contributed by atoms with Gasteiger partial charge in [-0.15, -0.1) is 0 Å². The number of aromatic nitrogens is 4. The molecule has 13 heteroatoms. The van der Waals surface area contributed by atoms with Gasteiger partial charge in [-0.2, -0.15) is 5.26 Å². The van der Waals surface area contributed by atoms with E-state index in [0.29, 0.717) is 16.7 Å². The summed E-state index contributed by atoms with van der Waals surface area (Å²) in [5.41, 5.74) is -2.67. The lowest BCUT2D eigenvalue weighted by Crippen LogP contribution is -2.48. The first-order chi connectivity index (χ1) is 18.2. The number of H-pyrrole nitrogens is 4. The van der Waals surface area contributed by atoms with Gasteiger partial charge in [-0.25, -0.2) is 14.4 Å². The summed E-state index contributed by atoms with van der Waals surface area (Å²) < 4.78 is 0. The van der Waals surface area contributed by atoms with Crippen LogP contribution in [0.15, 0.2) is 67.7 Å². The molecule has 38 heavy (non-hydrogen) atoms. The highest BCUT2D eigenvalue weighted by Gasteiger charge is 2.42. The SMILES string of the molecule is N#Cc1ccc(C2c3c([nH]c(=O)[nH]c3=O)N(C(Cc3ccc(O)cc3)C(=O)O)c3[nH]c(=O)[nH]c(=O)c32)cc1. The molecule has 1 aliphatic heterocycles. The van der Waals surface area contributed by atoms with Crippen molar-refractivity contribution in [1.29, 1.82) is 5.26 Å². The second-order valence-electron chi connectivity index (χ2n) is 8.60. The average molecular weight is 514 g/mol. The summed E-state index contributed by atoms with van der Waals surface area (Å²) in [5, 5.41) is 29.0. The van der Waals surface area contributed by atoms with Gasteiger partial charge in [0, 0.05) is 6.42 Å². The Morgan fingerprint density at radius 2 is 1.39 bits per heavy atom. The number of aromatic amines is 4. The third-order valence-corrected chi connectivity index (χ3v) is 6.31. The third kappa shape index (κ3) is 4.05. The number of phenolic OH excluding ortho intramolecular Hbond substituents is 1. The van der Waals surface area contributed by atoms with Crippen molar-refractivity contribution in [3.63, 3.8) is 0 Å². The molecule has 6 N–H and O–H groups in total. The monoisotopic (exact) mass is 514 g/mol. The minimum Gasteiger partial charge on any atom is -0.508 e. The van der Waals surface area contributed by atoms with E-state index in [9.17, 15) is 39.4 Å². The van der Waals surface area contributed by atoms with Gasteiger partial charge in [0.2, 0.25) is 0 Å². The fourth-order valence-electron chi connectivity index (χ4n) is 4.68. The molecule has 0 saturated carbocycles. The van der Waals surface area contributed by atoms with Crippen LogP contribution < -0.4 is 27.4 Å². The summed E-state index contributed by atoms with van der Waals surface area (Å²) in [5.74, 6) is -2.98. The lowest BCUT2D eigenvalue weighted by Gasteiger charge is -2.38. The van der Waals surface area contributed by atoms with E-state index in [2.05, 4.69) is 19.9 Å². The van der Waals surface area contributed by atoms with E-state index in [0.717, 1.165) is 4.90 Å². The lowest BCUT2D eigenvalue weighted by molar-refractivity contribution is -0.138. The number of anilines is 2. The number of carbonyl (C=O) groups is 1. The number of fused-ring (bicyclic) bond motifs is 2. The first kappa shape index (κ1) is 24.1. The molecule has 0 aliphatic carbocycles. The molecular formula is C25H18N6O7. The Morgan fingerprint density at radius 1 is 0.868 bits per heavy atom. The van der Waals surface area contributed by atoms with Crippen LogP contribution in [-0.4, -0.2) is 42.2 Å². The van der Waals surface area contributed by atoms with E-state index in [1.54, 1.807) is 0 Å². The van der Waals surface area contributed by atoms with Crippen molar-refractivity contribution in [1.82, 2.24) is 19.9 Å². The maximum Gasteiger partial charge on any atom is 0.327 e. The quantitative estimate of drug-likeness (QED) is 0.216. The number of benzene rings is 2. The zero-order valence-corrected chi connectivity index (χ0v) is 19.3. The number of phenols is 1. The van der Waals surface area contributed by atoms with Gasteiger partial charge in [-0.05, 0) is 35.4 Å². The number of hydrogen-bond acceptors (Lipinski definition) is 8. The van der Waals surface area contributed by atoms with Crippen LogP contribution in [0.25, 0.3) is 0 Å². The number of carboxylic acids is 1. The molecule has 1 atom stereocenters. The number of aliphatic carboxylic acids is 1. The minimum absolute atomic E-state index is 0.0359. The number of carboxylic acid groups (broad SMARTS) is 1. The Kier molecular flexibility index (Phi) is 5.76. The molecule has 0 bridgehead atoms. The Morgan fingerprint density at radius 3 is 1.87 bits per heavy atom. The Hall–Kier alpha value is -5.64. The van der Waals surface area contributed by atoms with Gasteiger partial charge in [-0.3, -0.25) is 34.4 Å². The van der Waals surface area contributed by atoms with E-state index in [4.69, 9.17) is 0 Å². The van der Waals surface area contributed by atoms with Crippen LogP contribution in [0.3, 0.4) is 0 Å². The van der Waals surface area contributed by atoms with Crippen LogP contribution in [0.5, 0.6) is 5.75 Å². The molecule has 2 aromatic carbocycles. The molecular weight excluding hydrogens is 496 g/mol. The van der Waals surface area contributed by atoms with E-state index >= 15 is 0 Å². The standard InChI is InChI=1S/C25H18N6O7/c26-10-12-1-5-13(6-2-12)16-17-19(27-24(37)29-21(17)33)31(20-18(16)22(34)30-25(38)28-20)15(23(35)36)9-11-3-7-14(32)8-4-11/h1-8,15-16,32H,9H2,(H,35,36)(H2,27,29,33,37)(H2,28,30,34,38). The summed E-state index contributed by atoms with van der Waals surface area (Å²) >= 11 is 0. The molecule has 1 unspecified atom stereocenters. The van der Waals surface area contributed by atoms with Crippen LogP contribution in [0.1, 0.15) is 33.7 Å². The van der Waals surface area contributed by atoms with E-state index in [1.165, 1.54) is 48.5 Å². The minimum atomic E-state index is -1.51. The van der Waals surface area contributed by atoms with Crippen molar-refractivity contribution in [2.75, 3.05) is 4.90 Å². The predicted octanol–water partition coefficient (Wildman–Crippen LogP) is 0.345. The van der Waals surface area contributed by atoms with Crippen LogP contribution >= 0.6 is 0 Å². The highest BCUT2D eigenvalue weighted by atomic mass is 16.4. The number of rotatable bonds is 5. The zero-order chi connectivity index (χ0) is 27.1. The molecule has 0 radical (unpaired) electrons. The summed E-state index contributed by atoms with van der Waals surface area (Å²) in [4.78, 5) is 74.0. The largest absolute Gasteiger partial charge is 0.508 e. The molecule has 0 amide bonds. The molecule has 4 aromatic rings. The summed E-state index contributed by atoms with van der Waals surface area (Å²) in [6.45, 7) is 0. The lowest BCUT2D eigenvalue weighted by atomic mass is 9.83. The van der Waals surface area contributed by atoms with Crippen LogP contribution in [0.2, 0.25) is 0 Å². The van der Waals surface area contributed by atoms with Crippen molar-refractivity contribution in [2.24, 2.45) is 0 Å². The average Bonchev–Trinajstić information content (AvgIpc) is 2.87. The second kappa shape index (κ2) is 9.10. The first-order valence-corrected chi connectivity index (χ1v) is 11.2.